The highest BCUT2D eigenvalue weighted by molar-refractivity contribution is 5.99. The van der Waals surface area contributed by atoms with E-state index in [2.05, 4.69) is 6.92 Å². The van der Waals surface area contributed by atoms with Crippen molar-refractivity contribution in [2.45, 2.75) is 77.6 Å². The molecule has 0 aliphatic heterocycles. The standard InChI is InChI=1S/C20H29FO2/c1-2-3-4-5-6-7-8-9-19(22)16-20(23)15-12-17-10-13-18(21)14-11-17/h10-11,13-14H,2-9,12,15-16H2,1H3. The van der Waals surface area contributed by atoms with Gasteiger partial charge in [0.2, 0.25) is 0 Å². The molecule has 1 aromatic carbocycles. The molecule has 0 unspecified atom stereocenters. The van der Waals surface area contributed by atoms with Crippen LogP contribution in [0, 0.1) is 5.82 Å². The van der Waals surface area contributed by atoms with Gasteiger partial charge in [0.1, 0.15) is 17.4 Å². The summed E-state index contributed by atoms with van der Waals surface area (Å²) in [5.74, 6) is -0.227. The van der Waals surface area contributed by atoms with E-state index in [-0.39, 0.29) is 23.8 Å². The molecule has 1 aromatic rings. The summed E-state index contributed by atoms with van der Waals surface area (Å²) in [6.07, 6.45) is 9.75. The van der Waals surface area contributed by atoms with Gasteiger partial charge >= 0.3 is 0 Å². The number of hydrogen-bond donors (Lipinski definition) is 0. The molecule has 23 heavy (non-hydrogen) atoms. The van der Waals surface area contributed by atoms with E-state index in [0.717, 1.165) is 18.4 Å². The highest BCUT2D eigenvalue weighted by Crippen LogP contribution is 2.11. The molecule has 0 fully saturated rings. The molecule has 128 valence electrons. The zero-order chi connectivity index (χ0) is 16.9. The van der Waals surface area contributed by atoms with E-state index < -0.39 is 0 Å². The quantitative estimate of drug-likeness (QED) is 0.359. The van der Waals surface area contributed by atoms with Crippen LogP contribution in [0.3, 0.4) is 0 Å². The van der Waals surface area contributed by atoms with Gasteiger partial charge in [-0.15, -0.1) is 0 Å². The molecule has 2 nitrogen and oxygen atoms in total. The Morgan fingerprint density at radius 1 is 0.826 bits per heavy atom. The molecule has 0 N–H and O–H groups in total. The number of aryl methyl sites for hydroxylation is 1. The van der Waals surface area contributed by atoms with Crippen molar-refractivity contribution >= 4 is 11.6 Å². The number of hydrogen-bond acceptors (Lipinski definition) is 2. The molecule has 1 rings (SSSR count). The third-order valence-corrected chi connectivity index (χ3v) is 4.06. The minimum absolute atomic E-state index is 0.0118. The van der Waals surface area contributed by atoms with Crippen molar-refractivity contribution in [3.8, 4) is 0 Å². The van der Waals surface area contributed by atoms with Crippen LogP contribution in [-0.2, 0) is 16.0 Å². The fourth-order valence-electron chi connectivity index (χ4n) is 2.61. The van der Waals surface area contributed by atoms with Crippen LogP contribution in [0.5, 0.6) is 0 Å². The normalized spacial score (nSPS) is 10.7. The number of carbonyl (C=O) groups excluding carboxylic acids is 2. The summed E-state index contributed by atoms with van der Waals surface area (Å²) in [6, 6.07) is 6.16. The molecule has 0 aliphatic carbocycles. The maximum atomic E-state index is 12.8. The second-order valence-corrected chi connectivity index (χ2v) is 6.25. The first-order valence-electron chi connectivity index (χ1n) is 8.89. The van der Waals surface area contributed by atoms with Crippen LogP contribution in [0.25, 0.3) is 0 Å². The van der Waals surface area contributed by atoms with Gasteiger partial charge in [-0.05, 0) is 30.5 Å². The molecule has 0 saturated carbocycles. The first kappa shape index (κ1) is 19.5. The lowest BCUT2D eigenvalue weighted by atomic mass is 10.0. The number of halogens is 1. The molecular weight excluding hydrogens is 291 g/mol. The maximum Gasteiger partial charge on any atom is 0.140 e. The minimum Gasteiger partial charge on any atom is -0.299 e. The number of Topliss-reactive ketones (excluding diaryl/α,β-unsaturated/α-hetero) is 2. The summed E-state index contributed by atoms with van der Waals surface area (Å²) in [6.45, 7) is 2.20. The zero-order valence-corrected chi connectivity index (χ0v) is 14.3. The Bertz CT molecular complexity index is 465. The Labute approximate surface area is 139 Å². The second kappa shape index (κ2) is 12.0. The molecule has 0 heterocycles. The monoisotopic (exact) mass is 320 g/mol. The van der Waals surface area contributed by atoms with Crippen molar-refractivity contribution < 1.29 is 14.0 Å². The van der Waals surface area contributed by atoms with E-state index in [9.17, 15) is 14.0 Å². The first-order chi connectivity index (χ1) is 11.1. The van der Waals surface area contributed by atoms with Gasteiger partial charge in [0, 0.05) is 12.8 Å². The Kier molecular flexibility index (Phi) is 10.2. The van der Waals surface area contributed by atoms with Crippen molar-refractivity contribution in [2.24, 2.45) is 0 Å². The van der Waals surface area contributed by atoms with Crippen LogP contribution in [0.2, 0.25) is 0 Å². The van der Waals surface area contributed by atoms with Crippen LogP contribution in [0.1, 0.15) is 76.7 Å². The average molecular weight is 320 g/mol. The van der Waals surface area contributed by atoms with Gasteiger partial charge in [0.05, 0.1) is 6.42 Å². The van der Waals surface area contributed by atoms with Crippen LogP contribution in [-0.4, -0.2) is 11.6 Å². The third kappa shape index (κ3) is 9.98. The van der Waals surface area contributed by atoms with Gasteiger partial charge in [-0.2, -0.15) is 0 Å². The van der Waals surface area contributed by atoms with E-state index in [4.69, 9.17) is 0 Å². The predicted octanol–water partition coefficient (Wildman–Crippen LogP) is 5.43. The Hall–Kier alpha value is -1.51. The Balaban J connectivity index is 2.07. The first-order valence-corrected chi connectivity index (χ1v) is 8.89. The molecule has 0 atom stereocenters. The predicted molar refractivity (Wildman–Crippen MR) is 92.0 cm³/mol. The highest BCUT2D eigenvalue weighted by atomic mass is 19.1. The van der Waals surface area contributed by atoms with Gasteiger partial charge in [-0.3, -0.25) is 9.59 Å². The van der Waals surface area contributed by atoms with E-state index >= 15 is 0 Å². The average Bonchev–Trinajstić information content (AvgIpc) is 2.53. The summed E-state index contributed by atoms with van der Waals surface area (Å²) in [7, 11) is 0. The van der Waals surface area contributed by atoms with E-state index in [1.165, 1.54) is 44.2 Å². The van der Waals surface area contributed by atoms with Crippen LogP contribution < -0.4 is 0 Å². The molecule has 0 spiro atoms. The van der Waals surface area contributed by atoms with Gasteiger partial charge in [0.25, 0.3) is 0 Å². The number of rotatable bonds is 13. The van der Waals surface area contributed by atoms with Crippen molar-refractivity contribution in [3.63, 3.8) is 0 Å². The lowest BCUT2D eigenvalue weighted by Crippen LogP contribution is -2.08. The SMILES string of the molecule is CCCCCCCCCC(=O)CC(=O)CCc1ccc(F)cc1. The maximum absolute atomic E-state index is 12.8. The lowest BCUT2D eigenvalue weighted by molar-refractivity contribution is -0.127. The van der Waals surface area contributed by atoms with Gasteiger partial charge in [-0.1, -0.05) is 57.6 Å². The largest absolute Gasteiger partial charge is 0.299 e. The molecule has 0 aliphatic rings. The van der Waals surface area contributed by atoms with E-state index in [1.54, 1.807) is 12.1 Å². The van der Waals surface area contributed by atoms with Gasteiger partial charge in [-0.25, -0.2) is 4.39 Å². The van der Waals surface area contributed by atoms with Gasteiger partial charge < -0.3 is 0 Å². The Morgan fingerprint density at radius 3 is 2.04 bits per heavy atom. The molecule has 0 saturated heterocycles. The zero-order valence-electron chi connectivity index (χ0n) is 14.3. The van der Waals surface area contributed by atoms with Crippen molar-refractivity contribution in [1.29, 1.82) is 0 Å². The number of carbonyl (C=O) groups is 2. The fraction of sp³-hybridized carbons (Fsp3) is 0.600. The summed E-state index contributed by atoms with van der Waals surface area (Å²) < 4.78 is 12.8. The van der Waals surface area contributed by atoms with Crippen molar-refractivity contribution in [3.05, 3.63) is 35.6 Å². The Morgan fingerprint density at radius 2 is 1.39 bits per heavy atom. The molecule has 0 radical (unpaired) electrons. The molecular formula is C20H29FO2. The summed E-state index contributed by atoms with van der Waals surface area (Å²) in [4.78, 5) is 23.6. The van der Waals surface area contributed by atoms with Gasteiger partial charge in [0.15, 0.2) is 0 Å². The van der Waals surface area contributed by atoms with Crippen molar-refractivity contribution in [1.82, 2.24) is 0 Å². The molecule has 3 heteroatoms. The lowest BCUT2D eigenvalue weighted by Gasteiger charge is -2.03. The van der Waals surface area contributed by atoms with Crippen LogP contribution in [0.4, 0.5) is 4.39 Å². The summed E-state index contributed by atoms with van der Waals surface area (Å²) in [5.41, 5.74) is 0.930. The topological polar surface area (TPSA) is 34.1 Å². The summed E-state index contributed by atoms with van der Waals surface area (Å²) >= 11 is 0. The third-order valence-electron chi connectivity index (χ3n) is 4.06. The number of unbranched alkanes of at least 4 members (excludes halogenated alkanes) is 6. The highest BCUT2D eigenvalue weighted by Gasteiger charge is 2.09. The van der Waals surface area contributed by atoms with E-state index in [0.29, 0.717) is 19.3 Å². The number of benzene rings is 1. The fourth-order valence-corrected chi connectivity index (χ4v) is 2.61. The molecule has 0 amide bonds. The second-order valence-electron chi connectivity index (χ2n) is 6.25. The van der Waals surface area contributed by atoms with Crippen LogP contribution >= 0.6 is 0 Å². The van der Waals surface area contributed by atoms with E-state index in [1.807, 2.05) is 0 Å². The minimum atomic E-state index is -0.273. The number of ketones is 2. The molecule has 0 bridgehead atoms. The molecule has 0 aromatic heterocycles. The van der Waals surface area contributed by atoms with Crippen molar-refractivity contribution in [2.75, 3.05) is 0 Å². The summed E-state index contributed by atoms with van der Waals surface area (Å²) in [5, 5.41) is 0. The smallest absolute Gasteiger partial charge is 0.140 e. The van der Waals surface area contributed by atoms with Crippen LogP contribution in [0.15, 0.2) is 24.3 Å².